The zero-order chi connectivity index (χ0) is 14.8. The summed E-state index contributed by atoms with van der Waals surface area (Å²) >= 11 is 11.9. The molecule has 1 aromatic carbocycles. The predicted octanol–water partition coefficient (Wildman–Crippen LogP) is 2.79. The van der Waals surface area contributed by atoms with E-state index in [0.717, 1.165) is 25.7 Å². The third kappa shape index (κ3) is 3.46. The molecular weight excluding hydrogens is 319 g/mol. The Morgan fingerprint density at radius 2 is 1.80 bits per heavy atom. The number of hydrogen-bond acceptors (Lipinski definition) is 3. The van der Waals surface area contributed by atoms with Gasteiger partial charge < -0.3 is 5.73 Å². The lowest BCUT2D eigenvalue weighted by molar-refractivity contribution is 0.405. The molecule has 0 saturated heterocycles. The summed E-state index contributed by atoms with van der Waals surface area (Å²) in [7, 11) is -3.76. The predicted molar refractivity (Wildman–Crippen MR) is 81.6 cm³/mol. The smallest absolute Gasteiger partial charge is 0.243 e. The van der Waals surface area contributed by atoms with Gasteiger partial charge in [0.25, 0.3) is 0 Å². The normalized spacial score (nSPS) is 18.4. The van der Waals surface area contributed by atoms with Gasteiger partial charge in [0.05, 0.1) is 10.0 Å². The zero-order valence-electron chi connectivity index (χ0n) is 11.0. The number of sulfonamides is 1. The minimum Gasteiger partial charge on any atom is -0.329 e. The minimum atomic E-state index is -3.76. The molecule has 20 heavy (non-hydrogen) atoms. The van der Waals surface area contributed by atoms with Gasteiger partial charge in [0, 0.05) is 12.6 Å². The summed E-state index contributed by atoms with van der Waals surface area (Å²) in [5.41, 5.74) is 5.72. The van der Waals surface area contributed by atoms with Gasteiger partial charge in [-0.1, -0.05) is 42.1 Å². The first-order valence-electron chi connectivity index (χ1n) is 6.62. The second-order valence-corrected chi connectivity index (χ2v) is 7.52. The number of halogens is 2. The fourth-order valence-electron chi connectivity index (χ4n) is 2.69. The Morgan fingerprint density at radius 3 is 2.30 bits per heavy atom. The third-order valence-electron chi connectivity index (χ3n) is 3.72. The van der Waals surface area contributed by atoms with Crippen molar-refractivity contribution in [3.63, 3.8) is 0 Å². The topological polar surface area (TPSA) is 72.2 Å². The first kappa shape index (κ1) is 16.0. The third-order valence-corrected chi connectivity index (χ3v) is 6.16. The summed E-state index contributed by atoms with van der Waals surface area (Å²) < 4.78 is 27.6. The number of nitrogens with two attached hydrogens (primary N) is 1. The van der Waals surface area contributed by atoms with Crippen molar-refractivity contribution in [2.24, 2.45) is 11.7 Å². The van der Waals surface area contributed by atoms with Crippen LogP contribution in [0.5, 0.6) is 0 Å². The molecule has 1 aromatic rings. The van der Waals surface area contributed by atoms with E-state index in [4.69, 9.17) is 28.9 Å². The van der Waals surface area contributed by atoms with Crippen LogP contribution in [0.25, 0.3) is 0 Å². The van der Waals surface area contributed by atoms with Gasteiger partial charge in [-0.15, -0.1) is 0 Å². The molecule has 0 heterocycles. The van der Waals surface area contributed by atoms with Crippen LogP contribution in [0.3, 0.4) is 0 Å². The van der Waals surface area contributed by atoms with Crippen LogP contribution in [0.2, 0.25) is 10.0 Å². The van der Waals surface area contributed by atoms with Crippen molar-refractivity contribution >= 4 is 33.2 Å². The molecule has 1 aliphatic rings. The SMILES string of the molecule is NCC(NS(=O)(=O)c1c(Cl)cccc1Cl)C1CCCC1. The van der Waals surface area contributed by atoms with Gasteiger partial charge in [-0.2, -0.15) is 0 Å². The average Bonchev–Trinajstić information content (AvgIpc) is 2.89. The van der Waals surface area contributed by atoms with E-state index in [1.165, 1.54) is 12.1 Å². The summed E-state index contributed by atoms with van der Waals surface area (Å²) in [5, 5.41) is 0.236. The average molecular weight is 337 g/mol. The van der Waals surface area contributed by atoms with E-state index in [9.17, 15) is 8.42 Å². The maximum atomic E-state index is 12.5. The van der Waals surface area contributed by atoms with Crippen molar-refractivity contribution in [2.45, 2.75) is 36.6 Å². The van der Waals surface area contributed by atoms with Crippen LogP contribution in [-0.2, 0) is 10.0 Å². The number of benzene rings is 1. The molecule has 0 aromatic heterocycles. The maximum Gasteiger partial charge on any atom is 0.243 e. The molecule has 7 heteroatoms. The second kappa shape index (κ2) is 6.62. The van der Waals surface area contributed by atoms with E-state index in [2.05, 4.69) is 4.72 Å². The summed E-state index contributed by atoms with van der Waals surface area (Å²) in [5.74, 6) is 0.288. The van der Waals surface area contributed by atoms with Gasteiger partial charge in [0.1, 0.15) is 4.90 Å². The number of hydrogen-bond donors (Lipinski definition) is 2. The molecule has 1 unspecified atom stereocenters. The molecule has 112 valence electrons. The van der Waals surface area contributed by atoms with Crippen LogP contribution in [-0.4, -0.2) is 21.0 Å². The van der Waals surface area contributed by atoms with Gasteiger partial charge in [-0.05, 0) is 30.9 Å². The van der Waals surface area contributed by atoms with Crippen LogP contribution < -0.4 is 10.5 Å². The highest BCUT2D eigenvalue weighted by atomic mass is 35.5. The van der Waals surface area contributed by atoms with E-state index >= 15 is 0 Å². The van der Waals surface area contributed by atoms with Gasteiger partial charge in [-0.3, -0.25) is 0 Å². The fraction of sp³-hybridized carbons (Fsp3) is 0.538. The molecule has 1 fully saturated rings. The molecule has 1 saturated carbocycles. The Bertz CT molecular complexity index is 551. The molecule has 4 nitrogen and oxygen atoms in total. The number of nitrogens with one attached hydrogen (secondary N) is 1. The van der Waals surface area contributed by atoms with Crippen molar-refractivity contribution in [3.8, 4) is 0 Å². The van der Waals surface area contributed by atoms with E-state index in [-0.39, 0.29) is 33.4 Å². The lowest BCUT2D eigenvalue weighted by Gasteiger charge is -2.23. The van der Waals surface area contributed by atoms with Crippen molar-refractivity contribution in [3.05, 3.63) is 28.2 Å². The Balaban J connectivity index is 2.26. The van der Waals surface area contributed by atoms with E-state index in [0.29, 0.717) is 0 Å². The minimum absolute atomic E-state index is 0.0696. The summed E-state index contributed by atoms with van der Waals surface area (Å²) in [6.45, 7) is 0.270. The lowest BCUT2D eigenvalue weighted by Crippen LogP contribution is -2.44. The first-order chi connectivity index (χ1) is 9.45. The number of rotatable bonds is 5. The Kier molecular flexibility index (Phi) is 5.31. The van der Waals surface area contributed by atoms with E-state index in [1.807, 2.05) is 0 Å². The largest absolute Gasteiger partial charge is 0.329 e. The van der Waals surface area contributed by atoms with Crippen molar-refractivity contribution in [1.29, 1.82) is 0 Å². The van der Waals surface area contributed by atoms with Crippen LogP contribution in [0.4, 0.5) is 0 Å². The fourth-order valence-corrected chi connectivity index (χ4v) is 5.16. The molecule has 0 spiro atoms. The van der Waals surface area contributed by atoms with Crippen LogP contribution in [0.1, 0.15) is 25.7 Å². The molecule has 0 aliphatic heterocycles. The van der Waals surface area contributed by atoms with Crippen LogP contribution >= 0.6 is 23.2 Å². The van der Waals surface area contributed by atoms with Crippen molar-refractivity contribution in [2.75, 3.05) is 6.54 Å². The highest BCUT2D eigenvalue weighted by Crippen LogP contribution is 2.31. The molecule has 3 N–H and O–H groups in total. The van der Waals surface area contributed by atoms with E-state index < -0.39 is 10.0 Å². The Morgan fingerprint density at radius 1 is 1.25 bits per heavy atom. The van der Waals surface area contributed by atoms with Gasteiger partial charge >= 0.3 is 0 Å². The molecule has 2 rings (SSSR count). The summed E-state index contributed by atoms with van der Waals surface area (Å²) in [4.78, 5) is -0.0696. The standard InChI is InChI=1S/C13H18Cl2N2O2S/c14-10-6-3-7-11(15)13(10)20(18,19)17-12(8-16)9-4-1-2-5-9/h3,6-7,9,12,17H,1-2,4-5,8,16H2. The highest BCUT2D eigenvalue weighted by Gasteiger charge is 2.30. The molecule has 1 aliphatic carbocycles. The molecule has 1 atom stereocenters. The lowest BCUT2D eigenvalue weighted by atomic mass is 9.99. The quantitative estimate of drug-likeness (QED) is 0.868. The second-order valence-electron chi connectivity index (χ2n) is 5.06. The molecule has 0 amide bonds. The van der Waals surface area contributed by atoms with Crippen molar-refractivity contribution < 1.29 is 8.42 Å². The van der Waals surface area contributed by atoms with Crippen LogP contribution in [0.15, 0.2) is 23.1 Å². The summed E-state index contributed by atoms with van der Waals surface area (Å²) in [6.07, 6.45) is 4.24. The summed E-state index contributed by atoms with van der Waals surface area (Å²) in [6, 6.07) is 4.36. The maximum absolute atomic E-state index is 12.5. The van der Waals surface area contributed by atoms with Gasteiger partial charge in [0.2, 0.25) is 10.0 Å². The van der Waals surface area contributed by atoms with E-state index in [1.54, 1.807) is 6.07 Å². The van der Waals surface area contributed by atoms with Gasteiger partial charge in [-0.25, -0.2) is 13.1 Å². The molecular formula is C13H18Cl2N2O2S. The van der Waals surface area contributed by atoms with Crippen molar-refractivity contribution in [1.82, 2.24) is 4.72 Å². The first-order valence-corrected chi connectivity index (χ1v) is 8.86. The monoisotopic (exact) mass is 336 g/mol. The highest BCUT2D eigenvalue weighted by molar-refractivity contribution is 7.89. The van der Waals surface area contributed by atoms with Gasteiger partial charge in [0.15, 0.2) is 0 Å². The van der Waals surface area contributed by atoms with Crippen LogP contribution in [0, 0.1) is 5.92 Å². The Hall–Kier alpha value is -0.330. The zero-order valence-corrected chi connectivity index (χ0v) is 13.3. The Labute approximate surface area is 129 Å². The molecule has 0 bridgehead atoms. The molecule has 0 radical (unpaired) electrons.